The number of likely N-dealkylation sites (N-methyl/N-ethyl adjacent to an activating group) is 1. The van der Waals surface area contributed by atoms with Crippen LogP contribution in [0.3, 0.4) is 0 Å². The van der Waals surface area contributed by atoms with Crippen molar-refractivity contribution in [1.82, 2.24) is 9.62 Å². The van der Waals surface area contributed by atoms with Crippen LogP contribution in [-0.4, -0.2) is 59.8 Å². The van der Waals surface area contributed by atoms with Crippen molar-refractivity contribution in [3.8, 4) is 5.75 Å². The van der Waals surface area contributed by atoms with Crippen LogP contribution in [0.4, 0.5) is 0 Å². The molecule has 0 spiro atoms. The SMILES string of the molecule is CCOCCOc1ccc(S(=O)(=O)NCC2=CCN(C)CC2)cc1. The van der Waals surface area contributed by atoms with Gasteiger partial charge in [0.1, 0.15) is 12.4 Å². The highest BCUT2D eigenvalue weighted by molar-refractivity contribution is 7.89. The molecule has 0 aromatic heterocycles. The number of sulfonamides is 1. The lowest BCUT2D eigenvalue weighted by Crippen LogP contribution is -2.30. The molecule has 134 valence electrons. The van der Waals surface area contributed by atoms with Crippen LogP contribution in [0.15, 0.2) is 40.8 Å². The number of nitrogens with one attached hydrogen (secondary N) is 1. The zero-order valence-electron chi connectivity index (χ0n) is 14.3. The zero-order chi connectivity index (χ0) is 17.4. The minimum absolute atomic E-state index is 0.244. The summed E-state index contributed by atoms with van der Waals surface area (Å²) in [4.78, 5) is 2.44. The second-order valence-electron chi connectivity index (χ2n) is 5.72. The first-order valence-corrected chi connectivity index (χ1v) is 9.66. The predicted octanol–water partition coefficient (Wildman–Crippen LogP) is 1.64. The number of benzene rings is 1. The predicted molar refractivity (Wildman–Crippen MR) is 93.8 cm³/mol. The van der Waals surface area contributed by atoms with E-state index in [4.69, 9.17) is 9.47 Å². The quantitative estimate of drug-likeness (QED) is 0.539. The molecule has 1 aromatic carbocycles. The fourth-order valence-corrected chi connectivity index (χ4v) is 3.36. The molecule has 0 unspecified atom stereocenters. The summed E-state index contributed by atoms with van der Waals surface area (Å²) in [5, 5.41) is 0. The van der Waals surface area contributed by atoms with Gasteiger partial charge in [0.15, 0.2) is 0 Å². The van der Waals surface area contributed by atoms with E-state index in [1.54, 1.807) is 24.3 Å². The molecule has 0 amide bonds. The third kappa shape index (κ3) is 5.90. The Kier molecular flexibility index (Phi) is 7.23. The third-order valence-electron chi connectivity index (χ3n) is 3.83. The lowest BCUT2D eigenvalue weighted by atomic mass is 10.1. The standard InChI is InChI=1S/C17H26N2O4S/c1-3-22-12-13-23-16-4-6-17(7-5-16)24(20,21)18-14-15-8-10-19(2)11-9-15/h4-8,18H,3,9-14H2,1-2H3. The van der Waals surface area contributed by atoms with E-state index in [-0.39, 0.29) is 4.90 Å². The van der Waals surface area contributed by atoms with Gasteiger partial charge in [-0.25, -0.2) is 13.1 Å². The summed E-state index contributed by atoms with van der Waals surface area (Å²) >= 11 is 0. The van der Waals surface area contributed by atoms with Crippen LogP contribution >= 0.6 is 0 Å². The van der Waals surface area contributed by atoms with Crippen molar-refractivity contribution in [3.05, 3.63) is 35.9 Å². The Balaban J connectivity index is 1.87. The summed E-state index contributed by atoms with van der Waals surface area (Å²) in [5.74, 6) is 0.631. The summed E-state index contributed by atoms with van der Waals surface area (Å²) in [6, 6.07) is 6.44. The maximum atomic E-state index is 12.3. The van der Waals surface area contributed by atoms with Crippen LogP contribution in [0.25, 0.3) is 0 Å². The molecule has 1 N–H and O–H groups in total. The largest absolute Gasteiger partial charge is 0.491 e. The zero-order valence-corrected chi connectivity index (χ0v) is 15.1. The molecule has 0 bridgehead atoms. The molecule has 0 atom stereocenters. The van der Waals surface area contributed by atoms with Gasteiger partial charge in [0.2, 0.25) is 10.0 Å². The highest BCUT2D eigenvalue weighted by Gasteiger charge is 2.15. The summed E-state index contributed by atoms with van der Waals surface area (Å²) in [6.45, 7) is 5.73. The van der Waals surface area contributed by atoms with E-state index >= 15 is 0 Å². The minimum Gasteiger partial charge on any atom is -0.491 e. The Labute approximate surface area is 144 Å². The summed E-state index contributed by atoms with van der Waals surface area (Å²) in [7, 11) is -1.45. The van der Waals surface area contributed by atoms with Gasteiger partial charge in [-0.05, 0) is 44.7 Å². The maximum Gasteiger partial charge on any atom is 0.240 e. The number of nitrogens with zero attached hydrogens (tertiary/aromatic N) is 1. The monoisotopic (exact) mass is 354 g/mol. The van der Waals surface area contributed by atoms with E-state index < -0.39 is 10.0 Å². The normalized spacial score (nSPS) is 16.0. The molecule has 0 radical (unpaired) electrons. The molecule has 6 nitrogen and oxygen atoms in total. The summed E-state index contributed by atoms with van der Waals surface area (Å²) < 4.78 is 38.0. The summed E-state index contributed by atoms with van der Waals surface area (Å²) in [6.07, 6.45) is 2.98. The Bertz CT molecular complexity index is 641. The van der Waals surface area contributed by atoms with E-state index in [1.807, 2.05) is 6.92 Å². The van der Waals surface area contributed by atoms with Crippen LogP contribution in [-0.2, 0) is 14.8 Å². The smallest absolute Gasteiger partial charge is 0.240 e. The van der Waals surface area contributed by atoms with E-state index in [0.717, 1.165) is 25.1 Å². The van der Waals surface area contributed by atoms with Gasteiger partial charge >= 0.3 is 0 Å². The van der Waals surface area contributed by atoms with Gasteiger partial charge in [-0.15, -0.1) is 0 Å². The number of rotatable bonds is 9. The fraction of sp³-hybridized carbons (Fsp3) is 0.529. The van der Waals surface area contributed by atoms with Gasteiger partial charge < -0.3 is 14.4 Å². The molecule has 1 heterocycles. The van der Waals surface area contributed by atoms with Crippen molar-refractivity contribution >= 4 is 10.0 Å². The maximum absolute atomic E-state index is 12.3. The molecular formula is C17H26N2O4S. The van der Waals surface area contributed by atoms with Gasteiger partial charge in [-0.2, -0.15) is 0 Å². The molecule has 0 saturated heterocycles. The number of hydrogen-bond acceptors (Lipinski definition) is 5. The molecule has 0 aliphatic carbocycles. The molecule has 0 saturated carbocycles. The van der Waals surface area contributed by atoms with Crippen molar-refractivity contribution in [2.24, 2.45) is 0 Å². The van der Waals surface area contributed by atoms with Crippen LogP contribution in [0.1, 0.15) is 13.3 Å². The minimum atomic E-state index is -3.50. The highest BCUT2D eigenvalue weighted by Crippen LogP contribution is 2.16. The molecule has 24 heavy (non-hydrogen) atoms. The van der Waals surface area contributed by atoms with E-state index in [9.17, 15) is 8.42 Å². The summed E-state index contributed by atoms with van der Waals surface area (Å²) in [5.41, 5.74) is 1.13. The number of hydrogen-bond donors (Lipinski definition) is 1. The van der Waals surface area contributed by atoms with Crippen molar-refractivity contribution in [2.45, 2.75) is 18.2 Å². The van der Waals surface area contributed by atoms with Crippen molar-refractivity contribution in [3.63, 3.8) is 0 Å². The second-order valence-corrected chi connectivity index (χ2v) is 7.48. The highest BCUT2D eigenvalue weighted by atomic mass is 32.2. The second kappa shape index (κ2) is 9.17. The van der Waals surface area contributed by atoms with Crippen molar-refractivity contribution in [1.29, 1.82) is 0 Å². The first-order valence-electron chi connectivity index (χ1n) is 8.18. The van der Waals surface area contributed by atoms with Crippen molar-refractivity contribution < 1.29 is 17.9 Å². The molecule has 2 rings (SSSR count). The van der Waals surface area contributed by atoms with Gasteiger partial charge in [0, 0.05) is 26.2 Å². The van der Waals surface area contributed by atoms with Crippen LogP contribution in [0, 0.1) is 0 Å². The fourth-order valence-electron chi connectivity index (χ4n) is 2.32. The van der Waals surface area contributed by atoms with Gasteiger partial charge in [0.25, 0.3) is 0 Å². The lowest BCUT2D eigenvalue weighted by molar-refractivity contribution is 0.110. The Morgan fingerprint density at radius 1 is 1.21 bits per heavy atom. The lowest BCUT2D eigenvalue weighted by Gasteiger charge is -2.22. The van der Waals surface area contributed by atoms with E-state index in [2.05, 4.69) is 22.7 Å². The van der Waals surface area contributed by atoms with Crippen LogP contribution in [0.2, 0.25) is 0 Å². The van der Waals surface area contributed by atoms with Gasteiger partial charge in [0.05, 0.1) is 11.5 Å². The molecule has 0 fully saturated rings. The average molecular weight is 354 g/mol. The van der Waals surface area contributed by atoms with E-state index in [0.29, 0.717) is 32.1 Å². The molecular weight excluding hydrogens is 328 g/mol. The Hall–Kier alpha value is -1.41. The third-order valence-corrected chi connectivity index (χ3v) is 5.25. The molecule has 1 aromatic rings. The first kappa shape index (κ1) is 18.9. The molecule has 1 aliphatic heterocycles. The van der Waals surface area contributed by atoms with Crippen LogP contribution < -0.4 is 9.46 Å². The topological polar surface area (TPSA) is 67.9 Å². The Morgan fingerprint density at radius 2 is 1.96 bits per heavy atom. The molecule has 1 aliphatic rings. The van der Waals surface area contributed by atoms with E-state index in [1.165, 1.54) is 0 Å². The van der Waals surface area contributed by atoms with Crippen LogP contribution in [0.5, 0.6) is 5.75 Å². The first-order chi connectivity index (χ1) is 11.5. The Morgan fingerprint density at radius 3 is 2.58 bits per heavy atom. The average Bonchev–Trinajstić information content (AvgIpc) is 2.59. The van der Waals surface area contributed by atoms with Gasteiger partial charge in [-0.1, -0.05) is 11.6 Å². The van der Waals surface area contributed by atoms with Gasteiger partial charge in [-0.3, -0.25) is 0 Å². The molecule has 7 heteroatoms. The van der Waals surface area contributed by atoms with Crippen molar-refractivity contribution in [2.75, 3.05) is 46.5 Å². The number of ether oxygens (including phenoxy) is 2.